The number of phenolic OH excluding ortho intramolecular Hbond substituents is 1. The number of rotatable bonds is 4. The van der Waals surface area contributed by atoms with Gasteiger partial charge in [0.05, 0.1) is 6.04 Å². The SMILES string of the molecule is CCc1ccc(N(C)C(C)c2ccc(O)cc2)cc1. The predicted molar refractivity (Wildman–Crippen MR) is 80.7 cm³/mol. The Labute approximate surface area is 115 Å². The number of hydrogen-bond donors (Lipinski definition) is 1. The highest BCUT2D eigenvalue weighted by Gasteiger charge is 2.12. The summed E-state index contributed by atoms with van der Waals surface area (Å²) in [5, 5.41) is 9.34. The number of hydrogen-bond acceptors (Lipinski definition) is 2. The van der Waals surface area contributed by atoms with Crippen LogP contribution >= 0.6 is 0 Å². The first-order valence-electron chi connectivity index (χ1n) is 6.72. The molecule has 0 aliphatic heterocycles. The molecule has 0 heterocycles. The molecule has 1 unspecified atom stereocenters. The second kappa shape index (κ2) is 5.79. The Morgan fingerprint density at radius 2 is 1.58 bits per heavy atom. The molecule has 0 saturated heterocycles. The molecule has 2 heteroatoms. The fourth-order valence-corrected chi connectivity index (χ4v) is 2.17. The average molecular weight is 255 g/mol. The van der Waals surface area contributed by atoms with Crippen molar-refractivity contribution in [2.24, 2.45) is 0 Å². The fourth-order valence-electron chi connectivity index (χ4n) is 2.17. The van der Waals surface area contributed by atoms with Gasteiger partial charge in [-0.05, 0) is 48.7 Å². The van der Waals surface area contributed by atoms with Crippen molar-refractivity contribution in [2.45, 2.75) is 26.3 Å². The molecule has 0 spiro atoms. The second-order valence-corrected chi connectivity index (χ2v) is 4.90. The molecule has 19 heavy (non-hydrogen) atoms. The van der Waals surface area contributed by atoms with Gasteiger partial charge in [-0.15, -0.1) is 0 Å². The van der Waals surface area contributed by atoms with Crippen LogP contribution < -0.4 is 4.90 Å². The van der Waals surface area contributed by atoms with Crippen molar-refractivity contribution in [3.8, 4) is 5.75 Å². The Morgan fingerprint density at radius 3 is 2.11 bits per heavy atom. The van der Waals surface area contributed by atoms with Crippen molar-refractivity contribution in [3.05, 3.63) is 59.7 Å². The molecule has 0 radical (unpaired) electrons. The van der Waals surface area contributed by atoms with Gasteiger partial charge >= 0.3 is 0 Å². The van der Waals surface area contributed by atoms with Gasteiger partial charge in [-0.25, -0.2) is 0 Å². The molecule has 2 nitrogen and oxygen atoms in total. The van der Waals surface area contributed by atoms with Crippen LogP contribution in [0.3, 0.4) is 0 Å². The van der Waals surface area contributed by atoms with Crippen molar-refractivity contribution in [1.82, 2.24) is 0 Å². The maximum atomic E-state index is 9.34. The molecule has 0 saturated carbocycles. The van der Waals surface area contributed by atoms with Crippen LogP contribution in [0.25, 0.3) is 0 Å². The smallest absolute Gasteiger partial charge is 0.115 e. The van der Waals surface area contributed by atoms with Gasteiger partial charge in [0.2, 0.25) is 0 Å². The summed E-state index contributed by atoms with van der Waals surface area (Å²) >= 11 is 0. The van der Waals surface area contributed by atoms with E-state index < -0.39 is 0 Å². The molecule has 2 aromatic rings. The van der Waals surface area contributed by atoms with Crippen molar-refractivity contribution in [2.75, 3.05) is 11.9 Å². The van der Waals surface area contributed by atoms with E-state index in [0.717, 1.165) is 6.42 Å². The third-order valence-corrected chi connectivity index (χ3v) is 3.71. The molecule has 1 N–H and O–H groups in total. The van der Waals surface area contributed by atoms with E-state index in [2.05, 4.69) is 50.1 Å². The van der Waals surface area contributed by atoms with Gasteiger partial charge in [0.1, 0.15) is 5.75 Å². The lowest BCUT2D eigenvalue weighted by atomic mass is 10.1. The van der Waals surface area contributed by atoms with Crippen LogP contribution in [-0.4, -0.2) is 12.2 Å². The normalized spacial score (nSPS) is 12.2. The zero-order valence-electron chi connectivity index (χ0n) is 11.8. The van der Waals surface area contributed by atoms with Crippen molar-refractivity contribution >= 4 is 5.69 Å². The van der Waals surface area contributed by atoms with Crippen LogP contribution in [0.1, 0.15) is 31.0 Å². The maximum Gasteiger partial charge on any atom is 0.115 e. The van der Waals surface area contributed by atoms with Gasteiger partial charge in [0.25, 0.3) is 0 Å². The quantitative estimate of drug-likeness (QED) is 0.887. The third kappa shape index (κ3) is 3.08. The van der Waals surface area contributed by atoms with Crippen LogP contribution in [-0.2, 0) is 6.42 Å². The Balaban J connectivity index is 2.17. The first-order valence-corrected chi connectivity index (χ1v) is 6.72. The van der Waals surface area contributed by atoms with Gasteiger partial charge in [0, 0.05) is 12.7 Å². The van der Waals surface area contributed by atoms with Crippen molar-refractivity contribution < 1.29 is 5.11 Å². The summed E-state index contributed by atoms with van der Waals surface area (Å²) in [6, 6.07) is 16.4. The minimum absolute atomic E-state index is 0.271. The third-order valence-electron chi connectivity index (χ3n) is 3.71. The lowest BCUT2D eigenvalue weighted by Crippen LogP contribution is -2.21. The highest BCUT2D eigenvalue weighted by atomic mass is 16.3. The van der Waals surface area contributed by atoms with Crippen LogP contribution in [0.5, 0.6) is 5.75 Å². The second-order valence-electron chi connectivity index (χ2n) is 4.90. The van der Waals surface area contributed by atoms with Crippen LogP contribution in [0, 0.1) is 0 Å². The van der Waals surface area contributed by atoms with Crippen LogP contribution in [0.15, 0.2) is 48.5 Å². The zero-order chi connectivity index (χ0) is 13.8. The summed E-state index contributed by atoms with van der Waals surface area (Å²) < 4.78 is 0. The predicted octanol–water partition coefficient (Wildman–Crippen LogP) is 4.15. The lowest BCUT2D eigenvalue weighted by Gasteiger charge is -2.27. The lowest BCUT2D eigenvalue weighted by molar-refractivity contribution is 0.475. The van der Waals surface area contributed by atoms with Gasteiger partial charge in [-0.2, -0.15) is 0 Å². The van der Waals surface area contributed by atoms with Gasteiger partial charge in [0.15, 0.2) is 0 Å². The Bertz CT molecular complexity index is 516. The number of aryl methyl sites for hydroxylation is 1. The van der Waals surface area contributed by atoms with E-state index in [1.54, 1.807) is 12.1 Å². The van der Waals surface area contributed by atoms with E-state index in [1.807, 2.05) is 12.1 Å². The monoisotopic (exact) mass is 255 g/mol. The molecule has 0 aromatic heterocycles. The maximum absolute atomic E-state index is 9.34. The molecule has 100 valence electrons. The van der Waals surface area contributed by atoms with Gasteiger partial charge < -0.3 is 10.0 Å². The molecular weight excluding hydrogens is 234 g/mol. The Kier molecular flexibility index (Phi) is 4.10. The number of nitrogens with zero attached hydrogens (tertiary/aromatic N) is 1. The number of aromatic hydroxyl groups is 1. The number of anilines is 1. The molecule has 1 atom stereocenters. The van der Waals surface area contributed by atoms with Crippen LogP contribution in [0.2, 0.25) is 0 Å². The molecule has 0 fully saturated rings. The van der Waals surface area contributed by atoms with Gasteiger partial charge in [-0.3, -0.25) is 0 Å². The first kappa shape index (κ1) is 13.5. The summed E-state index contributed by atoms with van der Waals surface area (Å²) in [7, 11) is 2.10. The van der Waals surface area contributed by atoms with E-state index in [9.17, 15) is 5.11 Å². The zero-order valence-corrected chi connectivity index (χ0v) is 11.8. The summed E-state index contributed by atoms with van der Waals surface area (Å²) in [6.07, 6.45) is 1.07. The minimum atomic E-state index is 0.271. The highest BCUT2D eigenvalue weighted by molar-refractivity contribution is 5.49. The summed E-state index contributed by atoms with van der Waals surface area (Å²) in [5.74, 6) is 0.311. The Morgan fingerprint density at radius 1 is 1.00 bits per heavy atom. The highest BCUT2D eigenvalue weighted by Crippen LogP contribution is 2.26. The molecule has 0 aliphatic rings. The van der Waals surface area contributed by atoms with E-state index in [0.29, 0.717) is 5.75 Å². The molecule has 2 aromatic carbocycles. The Hall–Kier alpha value is -1.96. The van der Waals surface area contributed by atoms with Gasteiger partial charge in [-0.1, -0.05) is 31.2 Å². The van der Waals surface area contributed by atoms with Crippen molar-refractivity contribution in [1.29, 1.82) is 0 Å². The number of benzene rings is 2. The first-order chi connectivity index (χ1) is 9.11. The van der Waals surface area contributed by atoms with E-state index in [-0.39, 0.29) is 6.04 Å². The average Bonchev–Trinajstić information content (AvgIpc) is 2.46. The van der Waals surface area contributed by atoms with E-state index in [1.165, 1.54) is 16.8 Å². The molecule has 2 rings (SSSR count). The van der Waals surface area contributed by atoms with E-state index >= 15 is 0 Å². The topological polar surface area (TPSA) is 23.5 Å². The number of phenols is 1. The largest absolute Gasteiger partial charge is 0.508 e. The van der Waals surface area contributed by atoms with Crippen molar-refractivity contribution in [3.63, 3.8) is 0 Å². The van der Waals surface area contributed by atoms with Crippen LogP contribution in [0.4, 0.5) is 5.69 Å². The summed E-state index contributed by atoms with van der Waals surface area (Å²) in [5.41, 5.74) is 3.76. The fraction of sp³-hybridized carbons (Fsp3) is 0.294. The minimum Gasteiger partial charge on any atom is -0.508 e. The molecular formula is C17H21NO. The molecule has 0 aliphatic carbocycles. The summed E-state index contributed by atoms with van der Waals surface area (Å²) in [4.78, 5) is 2.24. The molecule has 0 amide bonds. The summed E-state index contributed by atoms with van der Waals surface area (Å²) in [6.45, 7) is 4.33. The standard InChI is InChI=1S/C17H21NO/c1-4-14-5-9-16(10-6-14)18(3)13(2)15-7-11-17(19)12-8-15/h5-13,19H,4H2,1-3H3. The van der Waals surface area contributed by atoms with E-state index in [4.69, 9.17) is 0 Å². The molecule has 0 bridgehead atoms.